The van der Waals surface area contributed by atoms with Crippen molar-refractivity contribution in [3.05, 3.63) is 11.9 Å². The van der Waals surface area contributed by atoms with E-state index in [1.165, 1.54) is 0 Å². The van der Waals surface area contributed by atoms with Gasteiger partial charge in [-0.15, -0.1) is 0 Å². The molecule has 0 amide bonds. The molecule has 24 heavy (non-hydrogen) atoms. The van der Waals surface area contributed by atoms with Crippen LogP contribution >= 0.6 is 0 Å². The number of H-pyrrole nitrogens is 1. The highest BCUT2D eigenvalue weighted by Crippen LogP contribution is 2.17. The van der Waals surface area contributed by atoms with Crippen LogP contribution in [0.1, 0.15) is 67.0 Å². The van der Waals surface area contributed by atoms with Gasteiger partial charge in [0.1, 0.15) is 6.29 Å². The van der Waals surface area contributed by atoms with Crippen LogP contribution in [-0.2, 0) is 19.7 Å². The zero-order valence-corrected chi connectivity index (χ0v) is 16.4. The molecule has 6 nitrogen and oxygen atoms in total. The van der Waals surface area contributed by atoms with Gasteiger partial charge >= 0.3 is 0 Å². The van der Waals surface area contributed by atoms with E-state index in [1.54, 1.807) is 6.20 Å². The molecule has 0 aliphatic heterocycles. The Morgan fingerprint density at radius 1 is 1.21 bits per heavy atom. The van der Waals surface area contributed by atoms with Crippen LogP contribution in [0.25, 0.3) is 0 Å². The molecule has 0 aromatic carbocycles. The third-order valence-corrected chi connectivity index (χ3v) is 3.20. The van der Waals surface area contributed by atoms with Gasteiger partial charge in [-0.2, -0.15) is 15.4 Å². The number of nitrogens with one attached hydrogen (secondary N) is 1. The fourth-order valence-corrected chi connectivity index (χ4v) is 1.62. The van der Waals surface area contributed by atoms with E-state index in [0.717, 1.165) is 25.0 Å². The second-order valence-corrected chi connectivity index (χ2v) is 7.90. The van der Waals surface area contributed by atoms with E-state index in [9.17, 15) is 4.79 Å². The molecular formula is C18H35N3O3. The van der Waals surface area contributed by atoms with Crippen LogP contribution in [0.4, 0.5) is 0 Å². The van der Waals surface area contributed by atoms with Crippen LogP contribution in [0.15, 0.2) is 6.20 Å². The second-order valence-electron chi connectivity index (χ2n) is 7.90. The van der Waals surface area contributed by atoms with E-state index in [-0.39, 0.29) is 11.0 Å². The zero-order valence-electron chi connectivity index (χ0n) is 16.4. The molecule has 6 heteroatoms. The van der Waals surface area contributed by atoms with Crippen molar-refractivity contribution in [2.45, 2.75) is 72.3 Å². The highest BCUT2D eigenvalue weighted by atomic mass is 16.5. The number of aromatic amines is 1. The van der Waals surface area contributed by atoms with Crippen molar-refractivity contribution in [3.8, 4) is 0 Å². The summed E-state index contributed by atoms with van der Waals surface area (Å²) in [5.74, 6) is 0.664. The largest absolute Gasteiger partial charge is 0.378 e. The number of hydrogen-bond donors (Lipinski definition) is 1. The van der Waals surface area contributed by atoms with Crippen LogP contribution in [0.5, 0.6) is 0 Å². The summed E-state index contributed by atoms with van der Waals surface area (Å²) in [6, 6.07) is 0. The molecule has 1 aromatic heterocycles. The summed E-state index contributed by atoms with van der Waals surface area (Å²) in [6.45, 7) is 16.5. The monoisotopic (exact) mass is 341 g/mol. The minimum absolute atomic E-state index is 0.118. The molecule has 1 rings (SSSR count). The molecule has 1 aromatic rings. The van der Waals surface area contributed by atoms with Crippen LogP contribution in [-0.4, -0.2) is 47.1 Å². The number of rotatable bonds is 9. The van der Waals surface area contributed by atoms with Gasteiger partial charge in [-0.05, 0) is 26.2 Å². The quantitative estimate of drug-likeness (QED) is 0.549. The van der Waals surface area contributed by atoms with E-state index in [0.29, 0.717) is 25.6 Å². The molecule has 0 spiro atoms. The van der Waals surface area contributed by atoms with E-state index < -0.39 is 0 Å². The first-order chi connectivity index (χ1) is 11.1. The molecule has 0 aliphatic carbocycles. The first kappa shape index (κ1) is 22.7. The SMILES string of the molecule is CC(C)(C)c1cn[nH]n1.CC(C)CCOC(C)(C)COCCC=O. The lowest BCUT2D eigenvalue weighted by atomic mass is 9.93. The smallest absolute Gasteiger partial charge is 0.122 e. The molecule has 0 saturated heterocycles. The standard InChI is InChI=1S/C12H24O3.C6H11N3/c1-11(2)6-9-15-12(3,4)10-14-8-5-7-13;1-6(2,3)5-4-7-9-8-5/h7,11H,5-6,8-10H2,1-4H3;4H,1-3H3,(H,7,8,9). The summed E-state index contributed by atoms with van der Waals surface area (Å²) in [6.07, 6.45) is 4.15. The molecule has 0 bridgehead atoms. The normalized spacial score (nSPS) is 12.0. The minimum atomic E-state index is -0.252. The van der Waals surface area contributed by atoms with Crippen LogP contribution < -0.4 is 0 Å². The maximum absolute atomic E-state index is 10.1. The highest BCUT2D eigenvalue weighted by Gasteiger charge is 2.18. The fourth-order valence-electron chi connectivity index (χ4n) is 1.62. The number of ether oxygens (including phenoxy) is 2. The van der Waals surface area contributed by atoms with Crippen molar-refractivity contribution in [2.24, 2.45) is 5.92 Å². The Labute approximate surface area is 146 Å². The number of carbonyl (C=O) groups is 1. The first-order valence-corrected chi connectivity index (χ1v) is 8.60. The number of aromatic nitrogens is 3. The topological polar surface area (TPSA) is 77.1 Å². The molecule has 0 fully saturated rings. The van der Waals surface area contributed by atoms with E-state index >= 15 is 0 Å². The van der Waals surface area contributed by atoms with Gasteiger partial charge in [0.2, 0.25) is 0 Å². The van der Waals surface area contributed by atoms with Gasteiger partial charge in [0, 0.05) is 18.4 Å². The molecule has 0 radical (unpaired) electrons. The Bertz CT molecular complexity index is 423. The Morgan fingerprint density at radius 3 is 2.29 bits per heavy atom. The van der Waals surface area contributed by atoms with Crippen LogP contribution in [0.3, 0.4) is 0 Å². The van der Waals surface area contributed by atoms with Gasteiger partial charge in [-0.1, -0.05) is 34.6 Å². The van der Waals surface area contributed by atoms with Gasteiger partial charge in [0.05, 0.1) is 30.7 Å². The number of aldehydes is 1. The first-order valence-electron chi connectivity index (χ1n) is 8.60. The Hall–Kier alpha value is -1.27. The van der Waals surface area contributed by atoms with Crippen molar-refractivity contribution in [1.29, 1.82) is 0 Å². The lowest BCUT2D eigenvalue weighted by Crippen LogP contribution is -2.31. The van der Waals surface area contributed by atoms with Gasteiger partial charge < -0.3 is 14.3 Å². The third-order valence-electron chi connectivity index (χ3n) is 3.20. The third kappa shape index (κ3) is 12.2. The van der Waals surface area contributed by atoms with Crippen molar-refractivity contribution >= 4 is 6.29 Å². The Morgan fingerprint density at radius 2 is 1.88 bits per heavy atom. The molecule has 1 N–H and O–H groups in total. The summed E-state index contributed by atoms with van der Waals surface area (Å²) < 4.78 is 11.0. The average Bonchev–Trinajstić information content (AvgIpc) is 2.98. The molecular weight excluding hydrogens is 306 g/mol. The van der Waals surface area contributed by atoms with Crippen molar-refractivity contribution < 1.29 is 14.3 Å². The molecule has 140 valence electrons. The lowest BCUT2D eigenvalue weighted by molar-refractivity contribution is -0.110. The van der Waals surface area contributed by atoms with Crippen molar-refractivity contribution in [3.63, 3.8) is 0 Å². The van der Waals surface area contributed by atoms with Crippen LogP contribution in [0, 0.1) is 5.92 Å². The Kier molecular flexibility index (Phi) is 10.7. The summed E-state index contributed by atoms with van der Waals surface area (Å²) >= 11 is 0. The average molecular weight is 341 g/mol. The number of carbonyl (C=O) groups excluding carboxylic acids is 1. The summed E-state index contributed by atoms with van der Waals surface area (Å²) in [7, 11) is 0. The fraction of sp³-hybridized carbons (Fsp3) is 0.833. The summed E-state index contributed by atoms with van der Waals surface area (Å²) in [5.41, 5.74) is 0.868. The van der Waals surface area contributed by atoms with E-state index in [1.807, 2.05) is 13.8 Å². The molecule has 0 unspecified atom stereocenters. The maximum Gasteiger partial charge on any atom is 0.122 e. The van der Waals surface area contributed by atoms with Gasteiger partial charge in [0.15, 0.2) is 0 Å². The number of nitrogens with zero attached hydrogens (tertiary/aromatic N) is 2. The highest BCUT2D eigenvalue weighted by molar-refractivity contribution is 5.49. The van der Waals surface area contributed by atoms with Gasteiger partial charge in [0.25, 0.3) is 0 Å². The molecule has 0 saturated carbocycles. The molecule has 0 aliphatic rings. The van der Waals surface area contributed by atoms with Crippen molar-refractivity contribution in [2.75, 3.05) is 19.8 Å². The predicted octanol–water partition coefficient (Wildman–Crippen LogP) is 3.54. The summed E-state index contributed by atoms with van der Waals surface area (Å²) in [4.78, 5) is 10.1. The predicted molar refractivity (Wildman–Crippen MR) is 96.1 cm³/mol. The Balaban J connectivity index is 0.000000496. The van der Waals surface area contributed by atoms with Gasteiger partial charge in [-0.3, -0.25) is 0 Å². The van der Waals surface area contributed by atoms with Crippen LogP contribution in [0.2, 0.25) is 0 Å². The lowest BCUT2D eigenvalue weighted by Gasteiger charge is -2.25. The maximum atomic E-state index is 10.1. The number of hydrogen-bond acceptors (Lipinski definition) is 5. The van der Waals surface area contributed by atoms with Crippen molar-refractivity contribution in [1.82, 2.24) is 15.4 Å². The van der Waals surface area contributed by atoms with Gasteiger partial charge in [-0.25, -0.2) is 0 Å². The van der Waals surface area contributed by atoms with E-state index in [4.69, 9.17) is 9.47 Å². The second kappa shape index (κ2) is 11.3. The van der Waals surface area contributed by atoms with E-state index in [2.05, 4.69) is 50.0 Å². The summed E-state index contributed by atoms with van der Waals surface area (Å²) in [5, 5.41) is 10.2. The molecule has 1 heterocycles. The zero-order chi connectivity index (χ0) is 18.6. The minimum Gasteiger partial charge on any atom is -0.378 e. The molecule has 0 atom stereocenters.